The van der Waals surface area contributed by atoms with Crippen LogP contribution in [0.5, 0.6) is 0 Å². The van der Waals surface area contributed by atoms with Crippen LogP contribution in [0.1, 0.15) is 33.4 Å². The molecule has 0 aliphatic carbocycles. The highest BCUT2D eigenvalue weighted by atomic mass is 15.1. The Morgan fingerprint density at radius 1 is 0.155 bits per heavy atom. The summed E-state index contributed by atoms with van der Waals surface area (Å²) in [7, 11) is 0. The third kappa shape index (κ3) is 10.1. The highest BCUT2D eigenvalue weighted by Gasteiger charge is 2.21. The fourth-order valence-corrected chi connectivity index (χ4v) is 15.4. The monoisotopic (exact) mass is 1230 g/mol. The molecule has 0 aliphatic heterocycles. The molecule has 18 aromatic carbocycles. The molecular formula is C96H63N. The second kappa shape index (κ2) is 24.3. The summed E-state index contributed by atoms with van der Waals surface area (Å²) in [5.41, 5.74) is 17.6. The number of nitrogens with zero attached hydrogens (tertiary/aromatic N) is 1. The molecule has 0 aliphatic rings. The molecule has 0 radical (unpaired) electrons. The molecule has 0 spiro atoms. The Morgan fingerprint density at radius 2 is 0.351 bits per heavy atom. The van der Waals surface area contributed by atoms with E-state index in [2.05, 4.69) is 387 Å². The number of benzene rings is 18. The van der Waals surface area contributed by atoms with Crippen molar-refractivity contribution in [2.24, 2.45) is 0 Å². The number of anilines is 3. The predicted molar refractivity (Wildman–Crippen MR) is 421 cm³/mol. The quantitative estimate of drug-likeness (QED) is 0.0870. The van der Waals surface area contributed by atoms with Gasteiger partial charge in [-0.25, -0.2) is 0 Å². The van der Waals surface area contributed by atoms with Gasteiger partial charge in [-0.15, -0.1) is 0 Å². The lowest BCUT2D eigenvalue weighted by Crippen LogP contribution is -2.10. The van der Waals surface area contributed by atoms with Gasteiger partial charge < -0.3 is 4.90 Å². The standard InChI is InChI=1S/C96H63N/c1-4-31-76-64(22-1)25-19-28-67(76)52-61-85-79-34-7-13-40-88(79)94(89-41-14-8-35-80(85)89)70-46-55-73(56-47-70)97(74-57-48-71(49-58-74)95-90-42-15-9-36-81(90)86(82-37-10-16-43-91(82)95)62-53-68-29-20-26-65-23-2-5-32-77(65)68)75-59-50-72(51-60-75)96-92-44-17-11-38-83(92)87(84-39-12-18-45-93(84)96)63-54-69-30-21-27-66-24-3-6-33-78(66)69/h1-63H. The molecule has 0 aromatic heterocycles. The van der Waals surface area contributed by atoms with Crippen molar-refractivity contribution in [2.75, 3.05) is 4.90 Å². The van der Waals surface area contributed by atoms with E-state index in [1.165, 1.54) is 147 Å². The first kappa shape index (κ1) is 57.0. The van der Waals surface area contributed by atoms with Gasteiger partial charge in [-0.05, 0) is 200 Å². The fourth-order valence-electron chi connectivity index (χ4n) is 15.4. The van der Waals surface area contributed by atoms with Crippen LogP contribution >= 0.6 is 0 Å². The number of hydrogen-bond donors (Lipinski definition) is 0. The van der Waals surface area contributed by atoms with E-state index >= 15 is 0 Å². The lowest BCUT2D eigenvalue weighted by Gasteiger charge is -2.27. The van der Waals surface area contributed by atoms with Crippen molar-refractivity contribution in [3.05, 3.63) is 379 Å². The molecule has 0 amide bonds. The van der Waals surface area contributed by atoms with Gasteiger partial charge >= 0.3 is 0 Å². The zero-order valence-corrected chi connectivity index (χ0v) is 53.3. The molecule has 0 bridgehead atoms. The van der Waals surface area contributed by atoms with Gasteiger partial charge in [0.15, 0.2) is 0 Å². The lowest BCUT2D eigenvalue weighted by atomic mass is 9.87. The second-order valence-electron chi connectivity index (χ2n) is 25.3. The van der Waals surface area contributed by atoms with Crippen LogP contribution in [0.3, 0.4) is 0 Å². The molecule has 1 nitrogen and oxygen atoms in total. The number of rotatable bonds is 12. The van der Waals surface area contributed by atoms with Gasteiger partial charge in [-0.2, -0.15) is 0 Å². The lowest BCUT2D eigenvalue weighted by molar-refractivity contribution is 1.28. The average Bonchev–Trinajstić information content (AvgIpc) is 0.771. The normalized spacial score (nSPS) is 12.0. The summed E-state index contributed by atoms with van der Waals surface area (Å²) in [6.45, 7) is 0. The molecule has 0 N–H and O–H groups in total. The SMILES string of the molecule is C(=Cc1c2ccccc2c(-c2ccc(N(c3ccc(-c4c5ccccc5c(C=Cc5cccc6ccccc56)c5ccccc45)cc3)c3ccc(-c4c5ccccc5c(C=Cc5cccc6ccccc56)c5ccccc45)cc3)cc2)c2ccccc12)c1cccc2ccccc12. The van der Waals surface area contributed by atoms with E-state index in [0.29, 0.717) is 0 Å². The van der Waals surface area contributed by atoms with Gasteiger partial charge in [-0.3, -0.25) is 0 Å². The zero-order chi connectivity index (χ0) is 64.2. The van der Waals surface area contributed by atoms with Gasteiger partial charge in [0.25, 0.3) is 0 Å². The van der Waals surface area contributed by atoms with Crippen molar-refractivity contribution in [3.8, 4) is 33.4 Å². The largest absolute Gasteiger partial charge is 0.311 e. The Kier molecular flexibility index (Phi) is 14.3. The van der Waals surface area contributed by atoms with Gasteiger partial charge in [0.05, 0.1) is 0 Å². The van der Waals surface area contributed by atoms with Crippen molar-refractivity contribution >= 4 is 150 Å². The summed E-state index contributed by atoms with van der Waals surface area (Å²) in [5.74, 6) is 0. The molecular weight excluding hydrogens is 1170 g/mol. The van der Waals surface area contributed by atoms with Crippen LogP contribution in [0.25, 0.3) is 167 Å². The Bertz CT molecular complexity index is 5430. The first-order valence-electron chi connectivity index (χ1n) is 33.5. The Labute approximate surface area is 564 Å². The minimum absolute atomic E-state index is 1.06. The molecule has 0 heterocycles. The van der Waals surface area contributed by atoms with Crippen molar-refractivity contribution < 1.29 is 0 Å². The summed E-state index contributed by atoms with van der Waals surface area (Å²) in [5, 5.41) is 22.1. The van der Waals surface area contributed by atoms with Gasteiger partial charge in [0, 0.05) is 17.1 Å². The maximum Gasteiger partial charge on any atom is 0.0462 e. The van der Waals surface area contributed by atoms with E-state index in [1.54, 1.807) is 0 Å². The molecule has 452 valence electrons. The van der Waals surface area contributed by atoms with Crippen LogP contribution in [0.4, 0.5) is 17.1 Å². The van der Waals surface area contributed by atoms with Gasteiger partial charge in [0.2, 0.25) is 0 Å². The molecule has 0 saturated carbocycles. The van der Waals surface area contributed by atoms with Crippen molar-refractivity contribution in [1.29, 1.82) is 0 Å². The maximum atomic E-state index is 2.42. The average molecular weight is 1230 g/mol. The molecule has 0 unspecified atom stereocenters. The van der Waals surface area contributed by atoms with Crippen molar-refractivity contribution in [3.63, 3.8) is 0 Å². The highest BCUT2D eigenvalue weighted by Crippen LogP contribution is 2.47. The maximum absolute atomic E-state index is 2.42. The van der Waals surface area contributed by atoms with E-state index in [0.717, 1.165) is 33.8 Å². The second-order valence-corrected chi connectivity index (χ2v) is 25.3. The summed E-state index contributed by atoms with van der Waals surface area (Å²) < 4.78 is 0. The Hall–Kier alpha value is -12.7. The Morgan fingerprint density at radius 3 is 0.588 bits per heavy atom. The van der Waals surface area contributed by atoms with E-state index in [1.807, 2.05) is 0 Å². The summed E-state index contributed by atoms with van der Waals surface area (Å²) in [6.07, 6.45) is 13.8. The summed E-state index contributed by atoms with van der Waals surface area (Å²) in [6, 6.07) is 127. The third-order valence-corrected chi connectivity index (χ3v) is 19.9. The molecule has 0 saturated heterocycles. The van der Waals surface area contributed by atoms with Crippen LogP contribution in [-0.4, -0.2) is 0 Å². The van der Waals surface area contributed by atoms with E-state index in [9.17, 15) is 0 Å². The number of hydrogen-bond acceptors (Lipinski definition) is 1. The Balaban J connectivity index is 0.765. The van der Waals surface area contributed by atoms with E-state index in [4.69, 9.17) is 0 Å². The third-order valence-electron chi connectivity index (χ3n) is 19.9. The van der Waals surface area contributed by atoms with Crippen LogP contribution in [0, 0.1) is 0 Å². The molecule has 18 aromatic rings. The van der Waals surface area contributed by atoms with Crippen molar-refractivity contribution in [2.45, 2.75) is 0 Å². The predicted octanol–water partition coefficient (Wildman–Crippen LogP) is 27.0. The van der Waals surface area contributed by atoms with Crippen LogP contribution < -0.4 is 4.90 Å². The first-order chi connectivity index (χ1) is 48.1. The van der Waals surface area contributed by atoms with Crippen LogP contribution in [-0.2, 0) is 0 Å². The smallest absolute Gasteiger partial charge is 0.0462 e. The van der Waals surface area contributed by atoms with E-state index < -0.39 is 0 Å². The van der Waals surface area contributed by atoms with Crippen molar-refractivity contribution in [1.82, 2.24) is 0 Å². The molecule has 18 rings (SSSR count). The summed E-state index contributed by atoms with van der Waals surface area (Å²) in [4.78, 5) is 2.42. The minimum atomic E-state index is 1.06. The highest BCUT2D eigenvalue weighted by molar-refractivity contribution is 6.21. The van der Waals surface area contributed by atoms with Crippen LogP contribution in [0.2, 0.25) is 0 Å². The van der Waals surface area contributed by atoms with Gasteiger partial charge in [0.1, 0.15) is 0 Å². The summed E-state index contributed by atoms with van der Waals surface area (Å²) >= 11 is 0. The zero-order valence-electron chi connectivity index (χ0n) is 53.3. The molecule has 0 fully saturated rings. The van der Waals surface area contributed by atoms with Crippen LogP contribution in [0.15, 0.2) is 346 Å². The van der Waals surface area contributed by atoms with Gasteiger partial charge in [-0.1, -0.05) is 346 Å². The number of fused-ring (bicyclic) bond motifs is 9. The molecule has 1 heteroatoms. The topological polar surface area (TPSA) is 3.24 Å². The van der Waals surface area contributed by atoms with E-state index in [-0.39, 0.29) is 0 Å². The molecule has 0 atom stereocenters. The minimum Gasteiger partial charge on any atom is -0.311 e. The molecule has 97 heavy (non-hydrogen) atoms. The first-order valence-corrected chi connectivity index (χ1v) is 33.5. The fraction of sp³-hybridized carbons (Fsp3) is 0.